The third-order valence-electron chi connectivity index (χ3n) is 3.40. The number of benzene rings is 1. The van der Waals surface area contributed by atoms with Crippen molar-refractivity contribution in [3.8, 4) is 0 Å². The van der Waals surface area contributed by atoms with Crippen LogP contribution in [0.1, 0.15) is 25.5 Å². The van der Waals surface area contributed by atoms with E-state index in [1.165, 1.54) is 6.08 Å². The number of aromatic nitrogens is 1. The van der Waals surface area contributed by atoms with Crippen LogP contribution in [0.4, 0.5) is 0 Å². The third-order valence-corrected chi connectivity index (χ3v) is 3.63. The van der Waals surface area contributed by atoms with Crippen LogP contribution in [0, 0.1) is 0 Å². The molecule has 0 fully saturated rings. The van der Waals surface area contributed by atoms with Crippen LogP contribution in [0.15, 0.2) is 36.4 Å². The molecule has 0 bridgehead atoms. The minimum absolute atomic E-state index is 0.00878. The fourth-order valence-corrected chi connectivity index (χ4v) is 2.31. The van der Waals surface area contributed by atoms with Crippen molar-refractivity contribution in [2.75, 3.05) is 6.61 Å². The Morgan fingerprint density at radius 3 is 2.91 bits per heavy atom. The van der Waals surface area contributed by atoms with Gasteiger partial charge in [0.1, 0.15) is 0 Å². The Morgan fingerprint density at radius 1 is 1.41 bits per heavy atom. The Kier molecular flexibility index (Phi) is 5.92. The van der Waals surface area contributed by atoms with Gasteiger partial charge in [-0.05, 0) is 37.1 Å². The summed E-state index contributed by atoms with van der Waals surface area (Å²) >= 11 is 5.96. The first-order valence-electron chi connectivity index (χ1n) is 7.28. The maximum Gasteiger partial charge on any atom is 0.244 e. The zero-order chi connectivity index (χ0) is 15.9. The number of fused-ring (bicyclic) bond motifs is 1. The number of hydrogen-bond acceptors (Lipinski definition) is 3. The molecule has 0 saturated heterocycles. The fourth-order valence-electron chi connectivity index (χ4n) is 2.14. The number of pyridine rings is 1. The maximum absolute atomic E-state index is 11.8. The van der Waals surface area contributed by atoms with Gasteiger partial charge in [0.15, 0.2) is 0 Å². The van der Waals surface area contributed by atoms with Crippen LogP contribution in [-0.4, -0.2) is 28.6 Å². The van der Waals surface area contributed by atoms with Gasteiger partial charge >= 0.3 is 0 Å². The van der Waals surface area contributed by atoms with Crippen LogP contribution in [0.25, 0.3) is 17.0 Å². The largest absolute Gasteiger partial charge is 0.396 e. The summed E-state index contributed by atoms with van der Waals surface area (Å²) in [5, 5.41) is 13.4. The molecule has 1 amide bonds. The van der Waals surface area contributed by atoms with E-state index in [4.69, 9.17) is 16.7 Å². The number of rotatable bonds is 6. The summed E-state index contributed by atoms with van der Waals surface area (Å²) in [5.41, 5.74) is 1.49. The van der Waals surface area contributed by atoms with E-state index in [2.05, 4.69) is 10.3 Å². The second-order valence-corrected chi connectivity index (χ2v) is 5.47. The maximum atomic E-state index is 11.8. The molecule has 0 spiro atoms. The SMILES string of the molecule is CCC(CCO)NC(=O)/C=C/c1ccc2ccc(Cl)cc2n1. The lowest BCUT2D eigenvalue weighted by Gasteiger charge is -2.13. The molecule has 0 saturated carbocycles. The molecular formula is C17H19ClN2O2. The van der Waals surface area contributed by atoms with Gasteiger partial charge in [-0.1, -0.05) is 30.7 Å². The van der Waals surface area contributed by atoms with Crippen molar-refractivity contribution < 1.29 is 9.90 Å². The quantitative estimate of drug-likeness (QED) is 0.804. The second kappa shape index (κ2) is 7.92. The van der Waals surface area contributed by atoms with E-state index in [1.807, 2.05) is 31.2 Å². The third kappa shape index (κ3) is 4.55. The molecule has 2 N–H and O–H groups in total. The number of amides is 1. The van der Waals surface area contributed by atoms with Gasteiger partial charge in [-0.3, -0.25) is 4.79 Å². The van der Waals surface area contributed by atoms with Gasteiger partial charge in [0.2, 0.25) is 5.91 Å². The predicted octanol–water partition coefficient (Wildman–Crippen LogP) is 3.18. The molecule has 0 aliphatic heterocycles. The molecule has 116 valence electrons. The van der Waals surface area contributed by atoms with Crippen LogP contribution in [-0.2, 0) is 4.79 Å². The van der Waals surface area contributed by atoms with Crippen molar-refractivity contribution in [2.45, 2.75) is 25.8 Å². The number of carbonyl (C=O) groups excluding carboxylic acids is 1. The number of hydrogen-bond donors (Lipinski definition) is 2. The van der Waals surface area contributed by atoms with E-state index in [0.717, 1.165) is 17.3 Å². The summed E-state index contributed by atoms with van der Waals surface area (Å²) in [7, 11) is 0. The first kappa shape index (κ1) is 16.5. The molecule has 1 heterocycles. The van der Waals surface area contributed by atoms with E-state index in [1.54, 1.807) is 12.1 Å². The van der Waals surface area contributed by atoms with Gasteiger partial charge in [0, 0.05) is 29.1 Å². The van der Waals surface area contributed by atoms with Crippen molar-refractivity contribution in [2.24, 2.45) is 0 Å². The van der Waals surface area contributed by atoms with Crippen LogP contribution in [0.2, 0.25) is 5.02 Å². The summed E-state index contributed by atoms with van der Waals surface area (Å²) in [6.07, 6.45) is 4.47. The van der Waals surface area contributed by atoms with Gasteiger partial charge < -0.3 is 10.4 Å². The summed E-state index contributed by atoms with van der Waals surface area (Å²) in [6, 6.07) is 9.31. The molecule has 0 aliphatic carbocycles. The van der Waals surface area contributed by atoms with E-state index in [9.17, 15) is 4.79 Å². The van der Waals surface area contributed by atoms with Gasteiger partial charge in [-0.2, -0.15) is 0 Å². The number of aliphatic hydroxyl groups excluding tert-OH is 1. The average molecular weight is 319 g/mol. The van der Waals surface area contributed by atoms with Gasteiger partial charge in [0.25, 0.3) is 0 Å². The first-order valence-corrected chi connectivity index (χ1v) is 7.66. The highest BCUT2D eigenvalue weighted by Crippen LogP contribution is 2.18. The Balaban J connectivity index is 2.07. The molecule has 1 unspecified atom stereocenters. The zero-order valence-electron chi connectivity index (χ0n) is 12.4. The molecule has 0 aliphatic rings. The topological polar surface area (TPSA) is 62.2 Å². The van der Waals surface area contributed by atoms with Crippen molar-refractivity contribution >= 4 is 34.5 Å². The lowest BCUT2D eigenvalue weighted by atomic mass is 10.1. The molecule has 0 radical (unpaired) electrons. The van der Waals surface area contributed by atoms with E-state index >= 15 is 0 Å². The normalized spacial score (nSPS) is 12.7. The van der Waals surface area contributed by atoms with Crippen molar-refractivity contribution in [1.82, 2.24) is 10.3 Å². The smallest absolute Gasteiger partial charge is 0.244 e. The average Bonchev–Trinajstić information content (AvgIpc) is 2.52. The summed E-state index contributed by atoms with van der Waals surface area (Å²) in [6.45, 7) is 2.04. The molecule has 22 heavy (non-hydrogen) atoms. The highest BCUT2D eigenvalue weighted by Gasteiger charge is 2.07. The van der Waals surface area contributed by atoms with Crippen molar-refractivity contribution in [1.29, 1.82) is 0 Å². The predicted molar refractivity (Wildman–Crippen MR) is 89.7 cm³/mol. The molecule has 1 aromatic heterocycles. The highest BCUT2D eigenvalue weighted by molar-refractivity contribution is 6.31. The Morgan fingerprint density at radius 2 is 2.18 bits per heavy atom. The van der Waals surface area contributed by atoms with E-state index < -0.39 is 0 Å². The molecule has 1 aromatic carbocycles. The van der Waals surface area contributed by atoms with Crippen LogP contribution in [0.3, 0.4) is 0 Å². The van der Waals surface area contributed by atoms with Gasteiger partial charge in [0.05, 0.1) is 11.2 Å². The molecule has 4 nitrogen and oxygen atoms in total. The minimum Gasteiger partial charge on any atom is -0.396 e. The Hall–Kier alpha value is -1.91. The zero-order valence-corrected chi connectivity index (χ0v) is 13.2. The fraction of sp³-hybridized carbons (Fsp3) is 0.294. The van der Waals surface area contributed by atoms with Crippen LogP contribution >= 0.6 is 11.6 Å². The van der Waals surface area contributed by atoms with Crippen LogP contribution < -0.4 is 5.32 Å². The lowest BCUT2D eigenvalue weighted by molar-refractivity contribution is -0.117. The lowest BCUT2D eigenvalue weighted by Crippen LogP contribution is -2.33. The summed E-state index contributed by atoms with van der Waals surface area (Å²) < 4.78 is 0. The molecule has 2 aromatic rings. The summed E-state index contributed by atoms with van der Waals surface area (Å²) in [4.78, 5) is 16.3. The molecule has 2 rings (SSSR count). The molecule has 5 heteroatoms. The van der Waals surface area contributed by atoms with E-state index in [-0.39, 0.29) is 18.6 Å². The standard InChI is InChI=1S/C17H19ClN2O2/c1-2-14(9-10-21)20-17(22)8-7-15-6-4-12-3-5-13(18)11-16(12)19-15/h3-8,11,14,21H,2,9-10H2,1H3,(H,20,22)/b8-7+. The Labute approximate surface area is 134 Å². The number of carbonyl (C=O) groups is 1. The first-order chi connectivity index (χ1) is 10.6. The summed E-state index contributed by atoms with van der Waals surface area (Å²) in [5.74, 6) is -0.187. The van der Waals surface area contributed by atoms with Crippen LogP contribution in [0.5, 0.6) is 0 Å². The molecule has 1 atom stereocenters. The highest BCUT2D eigenvalue weighted by atomic mass is 35.5. The second-order valence-electron chi connectivity index (χ2n) is 5.03. The number of nitrogens with one attached hydrogen (secondary N) is 1. The number of aliphatic hydroxyl groups is 1. The van der Waals surface area contributed by atoms with E-state index in [0.29, 0.717) is 17.1 Å². The van der Waals surface area contributed by atoms with Crippen molar-refractivity contribution in [3.63, 3.8) is 0 Å². The Bertz CT molecular complexity index is 685. The minimum atomic E-state index is -0.187. The van der Waals surface area contributed by atoms with Crippen molar-refractivity contribution in [3.05, 3.63) is 47.1 Å². The monoisotopic (exact) mass is 318 g/mol. The number of halogens is 1. The van der Waals surface area contributed by atoms with Gasteiger partial charge in [-0.25, -0.2) is 4.98 Å². The molecular weight excluding hydrogens is 300 g/mol. The number of nitrogens with zero attached hydrogens (tertiary/aromatic N) is 1. The van der Waals surface area contributed by atoms with Gasteiger partial charge in [-0.15, -0.1) is 0 Å².